The van der Waals surface area contributed by atoms with Crippen LogP contribution in [0.15, 0.2) is 42.5 Å². The Morgan fingerprint density at radius 2 is 1.40 bits per heavy atom. The maximum Gasteiger partial charge on any atom is 0.0574 e. The van der Waals surface area contributed by atoms with Gasteiger partial charge in [0.2, 0.25) is 0 Å². The highest BCUT2D eigenvalue weighted by molar-refractivity contribution is 5.45. The first-order valence-corrected chi connectivity index (χ1v) is 5.14. The zero-order valence-corrected chi connectivity index (χ0v) is 9.44. The second-order valence-electron chi connectivity index (χ2n) is 3.79. The number of aryl methyl sites for hydroxylation is 2. The van der Waals surface area contributed by atoms with Crippen LogP contribution in [0.5, 0.6) is 0 Å². The van der Waals surface area contributed by atoms with Crippen LogP contribution in [0.2, 0.25) is 0 Å². The van der Waals surface area contributed by atoms with Gasteiger partial charge in [-0.05, 0) is 38.1 Å². The fourth-order valence-electron chi connectivity index (χ4n) is 1.89. The summed E-state index contributed by atoms with van der Waals surface area (Å²) in [6, 6.07) is 14.6. The summed E-state index contributed by atoms with van der Waals surface area (Å²) in [7, 11) is 2.08. The zero-order valence-electron chi connectivity index (χ0n) is 9.44. The van der Waals surface area contributed by atoms with Crippen LogP contribution in [-0.4, -0.2) is 11.7 Å². The summed E-state index contributed by atoms with van der Waals surface area (Å²) in [5.74, 6) is 0. The summed E-state index contributed by atoms with van der Waals surface area (Å²) in [5.41, 5.74) is 3.69. The topological polar surface area (TPSA) is 8.17 Å². The van der Waals surface area contributed by atoms with E-state index in [1.165, 1.54) is 17.1 Å². The molecule has 0 aliphatic heterocycles. The standard InChI is InChI=1S/C13H16N2/c1-11-9-10-12(2)15(11)14(3)13-7-5-4-6-8-13/h4-10H,1-3H3. The van der Waals surface area contributed by atoms with Gasteiger partial charge in [0.15, 0.2) is 0 Å². The van der Waals surface area contributed by atoms with Crippen molar-refractivity contribution < 1.29 is 0 Å². The van der Waals surface area contributed by atoms with Gasteiger partial charge < -0.3 is 0 Å². The lowest BCUT2D eigenvalue weighted by molar-refractivity contribution is 0.730. The molecule has 0 spiro atoms. The van der Waals surface area contributed by atoms with Gasteiger partial charge in [-0.1, -0.05) is 18.2 Å². The van der Waals surface area contributed by atoms with E-state index in [9.17, 15) is 0 Å². The normalized spacial score (nSPS) is 10.3. The molecule has 2 aromatic rings. The van der Waals surface area contributed by atoms with Crippen molar-refractivity contribution in [3.63, 3.8) is 0 Å². The van der Waals surface area contributed by atoms with Gasteiger partial charge in [-0.3, -0.25) is 9.69 Å². The van der Waals surface area contributed by atoms with Gasteiger partial charge >= 0.3 is 0 Å². The number of para-hydroxylation sites is 1. The summed E-state index contributed by atoms with van der Waals surface area (Å²) >= 11 is 0. The highest BCUT2D eigenvalue weighted by Gasteiger charge is 2.06. The monoisotopic (exact) mass is 200 g/mol. The van der Waals surface area contributed by atoms with Crippen LogP contribution in [-0.2, 0) is 0 Å². The molecule has 1 aromatic carbocycles. The third kappa shape index (κ3) is 1.75. The molecule has 0 saturated heterocycles. The lowest BCUT2D eigenvalue weighted by Crippen LogP contribution is -2.26. The van der Waals surface area contributed by atoms with E-state index < -0.39 is 0 Å². The van der Waals surface area contributed by atoms with Crippen LogP contribution in [0, 0.1) is 13.8 Å². The van der Waals surface area contributed by atoms with Crippen LogP contribution in [0.4, 0.5) is 5.69 Å². The predicted molar refractivity (Wildman–Crippen MR) is 64.1 cm³/mol. The van der Waals surface area contributed by atoms with Crippen LogP contribution in [0.25, 0.3) is 0 Å². The van der Waals surface area contributed by atoms with Gasteiger partial charge in [-0.25, -0.2) is 0 Å². The number of benzene rings is 1. The van der Waals surface area contributed by atoms with Crippen molar-refractivity contribution >= 4 is 5.69 Å². The molecule has 0 aliphatic carbocycles. The Balaban J connectivity index is 2.41. The molecule has 0 unspecified atom stereocenters. The van der Waals surface area contributed by atoms with Crippen molar-refractivity contribution in [1.82, 2.24) is 4.68 Å². The van der Waals surface area contributed by atoms with Crippen molar-refractivity contribution in [2.45, 2.75) is 13.8 Å². The predicted octanol–water partition coefficient (Wildman–Crippen LogP) is 3.00. The van der Waals surface area contributed by atoms with Crippen molar-refractivity contribution in [2.75, 3.05) is 12.1 Å². The van der Waals surface area contributed by atoms with Crippen molar-refractivity contribution in [2.24, 2.45) is 0 Å². The van der Waals surface area contributed by atoms with Gasteiger partial charge in [0.25, 0.3) is 0 Å². The fraction of sp³-hybridized carbons (Fsp3) is 0.231. The average Bonchev–Trinajstić information content (AvgIpc) is 2.59. The molecule has 2 rings (SSSR count). The fourth-order valence-corrected chi connectivity index (χ4v) is 1.89. The molecule has 0 fully saturated rings. The molecular formula is C13H16N2. The van der Waals surface area contributed by atoms with Crippen LogP contribution in [0.1, 0.15) is 11.4 Å². The Kier molecular flexibility index (Phi) is 2.50. The molecule has 1 aromatic heterocycles. The summed E-state index contributed by atoms with van der Waals surface area (Å²) < 4.78 is 2.20. The molecule has 0 N–H and O–H groups in total. The van der Waals surface area contributed by atoms with E-state index in [1.54, 1.807) is 0 Å². The molecule has 1 heterocycles. The number of hydrogen-bond acceptors (Lipinski definition) is 1. The molecule has 15 heavy (non-hydrogen) atoms. The third-order valence-electron chi connectivity index (χ3n) is 2.66. The van der Waals surface area contributed by atoms with E-state index >= 15 is 0 Å². The molecule has 2 nitrogen and oxygen atoms in total. The average molecular weight is 200 g/mol. The second-order valence-corrected chi connectivity index (χ2v) is 3.79. The number of aromatic nitrogens is 1. The first kappa shape index (κ1) is 9.84. The molecule has 0 amide bonds. The van der Waals surface area contributed by atoms with E-state index in [1.807, 2.05) is 6.07 Å². The number of nitrogens with zero attached hydrogens (tertiary/aromatic N) is 2. The van der Waals surface area contributed by atoms with Crippen molar-refractivity contribution in [1.29, 1.82) is 0 Å². The van der Waals surface area contributed by atoms with Crippen molar-refractivity contribution in [3.05, 3.63) is 53.9 Å². The number of anilines is 1. The van der Waals surface area contributed by atoms with Crippen molar-refractivity contribution in [3.8, 4) is 0 Å². The summed E-state index contributed by atoms with van der Waals surface area (Å²) in [6.45, 7) is 4.24. The Morgan fingerprint density at radius 3 is 1.93 bits per heavy atom. The van der Waals surface area contributed by atoms with E-state index in [0.29, 0.717) is 0 Å². The second kappa shape index (κ2) is 3.81. The Hall–Kier alpha value is -1.70. The van der Waals surface area contributed by atoms with Crippen LogP contribution in [0.3, 0.4) is 0 Å². The van der Waals surface area contributed by atoms with Gasteiger partial charge in [0.05, 0.1) is 5.69 Å². The van der Waals surface area contributed by atoms with E-state index in [4.69, 9.17) is 0 Å². The molecule has 2 heteroatoms. The first-order valence-electron chi connectivity index (χ1n) is 5.14. The number of rotatable bonds is 2. The van der Waals surface area contributed by atoms with E-state index in [0.717, 1.165) is 0 Å². The van der Waals surface area contributed by atoms with Gasteiger partial charge in [-0.2, -0.15) is 0 Å². The largest absolute Gasteiger partial charge is 0.284 e. The van der Waals surface area contributed by atoms with Gasteiger partial charge in [-0.15, -0.1) is 0 Å². The maximum atomic E-state index is 2.20. The Labute approximate surface area is 90.7 Å². The van der Waals surface area contributed by atoms with E-state index in [-0.39, 0.29) is 0 Å². The molecule has 0 radical (unpaired) electrons. The Bertz CT molecular complexity index is 423. The van der Waals surface area contributed by atoms with Crippen LogP contribution >= 0.6 is 0 Å². The molecule has 0 bridgehead atoms. The highest BCUT2D eigenvalue weighted by atomic mass is 15.5. The molecule has 0 atom stereocenters. The lowest BCUT2D eigenvalue weighted by Gasteiger charge is -2.24. The summed E-state index contributed by atoms with van der Waals surface area (Å²) in [5, 5.41) is 2.16. The minimum absolute atomic E-state index is 1.19. The summed E-state index contributed by atoms with van der Waals surface area (Å²) in [6.07, 6.45) is 0. The quantitative estimate of drug-likeness (QED) is 0.723. The molecule has 78 valence electrons. The molecule has 0 aliphatic rings. The molecular weight excluding hydrogens is 184 g/mol. The summed E-state index contributed by atoms with van der Waals surface area (Å²) in [4.78, 5) is 0. The van der Waals surface area contributed by atoms with Gasteiger partial charge in [0.1, 0.15) is 0 Å². The zero-order chi connectivity index (χ0) is 10.8. The molecule has 0 saturated carbocycles. The van der Waals surface area contributed by atoms with Gasteiger partial charge in [0, 0.05) is 18.4 Å². The maximum absolute atomic E-state index is 2.20. The number of hydrogen-bond donors (Lipinski definition) is 0. The van der Waals surface area contributed by atoms with Crippen LogP contribution < -0.4 is 5.01 Å². The smallest absolute Gasteiger partial charge is 0.0574 e. The highest BCUT2D eigenvalue weighted by Crippen LogP contribution is 2.16. The third-order valence-corrected chi connectivity index (χ3v) is 2.66. The lowest BCUT2D eigenvalue weighted by atomic mass is 10.3. The van der Waals surface area contributed by atoms with E-state index in [2.05, 4.69) is 67.0 Å². The minimum atomic E-state index is 1.19. The SMILES string of the molecule is Cc1ccc(C)n1N(C)c1ccccc1. The Morgan fingerprint density at radius 1 is 0.867 bits per heavy atom. The minimum Gasteiger partial charge on any atom is -0.284 e. The first-order chi connectivity index (χ1) is 7.20.